The highest BCUT2D eigenvalue weighted by Gasteiger charge is 2.16. The second-order valence-corrected chi connectivity index (χ2v) is 8.77. The Morgan fingerprint density at radius 2 is 1.97 bits per heavy atom. The summed E-state index contributed by atoms with van der Waals surface area (Å²) in [5.41, 5.74) is 1.26. The number of benzene rings is 2. The van der Waals surface area contributed by atoms with Crippen molar-refractivity contribution in [3.8, 4) is 0 Å². The molecule has 0 bridgehead atoms. The zero-order valence-electron chi connectivity index (χ0n) is 17.0. The molecule has 1 heterocycles. The zero-order chi connectivity index (χ0) is 22.2. The summed E-state index contributed by atoms with van der Waals surface area (Å²) < 4.78 is 34.5. The van der Waals surface area contributed by atoms with E-state index in [1.165, 1.54) is 10.1 Å². The van der Waals surface area contributed by atoms with Gasteiger partial charge in [0.2, 0.25) is 5.91 Å². The highest BCUT2D eigenvalue weighted by Crippen LogP contribution is 2.22. The Hall–Kier alpha value is -2.52. The van der Waals surface area contributed by atoms with Crippen molar-refractivity contribution in [2.45, 2.75) is 32.1 Å². The Labute approximate surface area is 186 Å². The maximum Gasteiger partial charge on any atom is 0.326 e. The molecule has 164 valence electrons. The Morgan fingerprint density at radius 3 is 2.71 bits per heavy atom. The average molecular weight is 465 g/mol. The molecule has 0 N–H and O–H groups in total. The van der Waals surface area contributed by atoms with Crippen LogP contribution in [0.5, 0.6) is 0 Å². The van der Waals surface area contributed by atoms with E-state index in [-0.39, 0.29) is 40.5 Å². The van der Waals surface area contributed by atoms with E-state index in [0.717, 1.165) is 35.0 Å². The maximum atomic E-state index is 14.4. The summed E-state index contributed by atoms with van der Waals surface area (Å²) in [5, 5.41) is 0. The molecule has 0 saturated carbocycles. The molecule has 0 fully saturated rings. The molecule has 0 spiro atoms. The molecule has 0 aliphatic heterocycles. The minimum atomic E-state index is -0.818. The first-order valence-electron chi connectivity index (χ1n) is 9.81. The van der Waals surface area contributed by atoms with E-state index in [9.17, 15) is 18.4 Å². The van der Waals surface area contributed by atoms with Crippen LogP contribution in [-0.2, 0) is 26.6 Å². The van der Waals surface area contributed by atoms with Crippen molar-refractivity contribution in [2.75, 3.05) is 12.4 Å². The van der Waals surface area contributed by atoms with Crippen molar-refractivity contribution >= 4 is 45.2 Å². The van der Waals surface area contributed by atoms with Gasteiger partial charge in [0.05, 0.1) is 16.8 Å². The largest absolute Gasteiger partial charge is 0.465 e. The number of halogens is 2. The smallest absolute Gasteiger partial charge is 0.326 e. The van der Waals surface area contributed by atoms with E-state index in [1.54, 1.807) is 18.7 Å². The van der Waals surface area contributed by atoms with Crippen LogP contribution in [0.15, 0.2) is 47.5 Å². The first kappa shape index (κ1) is 23.1. The van der Waals surface area contributed by atoms with Gasteiger partial charge in [-0.15, -0.1) is 0 Å². The van der Waals surface area contributed by atoms with Crippen LogP contribution < -0.4 is 4.80 Å². The molecule has 0 saturated heterocycles. The van der Waals surface area contributed by atoms with Gasteiger partial charge >= 0.3 is 5.97 Å². The number of esters is 1. The minimum Gasteiger partial charge on any atom is -0.465 e. The van der Waals surface area contributed by atoms with Gasteiger partial charge < -0.3 is 9.30 Å². The summed E-state index contributed by atoms with van der Waals surface area (Å²) in [6, 6.07) is 12.0. The van der Waals surface area contributed by atoms with Gasteiger partial charge in [0, 0.05) is 18.2 Å². The zero-order valence-corrected chi connectivity index (χ0v) is 18.6. The molecule has 3 rings (SSSR count). The number of nitrogens with zero attached hydrogens (tertiary/aromatic N) is 2. The highest BCUT2D eigenvalue weighted by molar-refractivity contribution is 7.98. The van der Waals surface area contributed by atoms with Crippen molar-refractivity contribution in [1.29, 1.82) is 0 Å². The average Bonchev–Trinajstić information content (AvgIpc) is 3.05. The summed E-state index contributed by atoms with van der Waals surface area (Å²) in [6.07, 6.45) is 0.873. The van der Waals surface area contributed by atoms with E-state index >= 15 is 0 Å². The fourth-order valence-electron chi connectivity index (χ4n) is 2.95. The SMILES string of the molecule is CCOC(=O)Cn1c(=NC(=O)CCCSCc2ccccc2)sc2cc(F)cc(F)c21. The van der Waals surface area contributed by atoms with Crippen molar-refractivity contribution in [3.05, 3.63) is 64.5 Å². The monoisotopic (exact) mass is 464 g/mol. The van der Waals surface area contributed by atoms with Crippen LogP contribution in [0.1, 0.15) is 25.3 Å². The number of fused-ring (bicyclic) bond motifs is 1. The molecule has 0 aliphatic rings. The fourth-order valence-corrected chi connectivity index (χ4v) is 4.96. The number of carbonyl (C=O) groups is 2. The van der Waals surface area contributed by atoms with Crippen molar-refractivity contribution in [3.63, 3.8) is 0 Å². The molecular formula is C22H22F2N2O3S2. The summed E-state index contributed by atoms with van der Waals surface area (Å²) in [7, 11) is 0. The molecule has 1 amide bonds. The normalized spacial score (nSPS) is 11.8. The third-order valence-electron chi connectivity index (χ3n) is 4.30. The van der Waals surface area contributed by atoms with Crippen molar-refractivity contribution in [2.24, 2.45) is 4.99 Å². The van der Waals surface area contributed by atoms with Gasteiger partial charge in [0.1, 0.15) is 12.4 Å². The minimum absolute atomic E-state index is 0.0319. The number of thioether (sulfide) groups is 1. The number of thiazole rings is 1. The molecule has 0 unspecified atom stereocenters. The highest BCUT2D eigenvalue weighted by atomic mass is 32.2. The van der Waals surface area contributed by atoms with Gasteiger partial charge in [-0.2, -0.15) is 16.8 Å². The standard InChI is InChI=1S/C22H22F2N2O3S2/c1-2-29-20(28)13-26-21-17(24)11-16(23)12-18(21)31-22(26)25-19(27)9-6-10-30-14-15-7-4-3-5-8-15/h3-5,7-8,11-12H,2,6,9-10,13-14H2,1H3. The van der Waals surface area contributed by atoms with Crippen LogP contribution in [-0.4, -0.2) is 28.8 Å². The quantitative estimate of drug-likeness (QED) is 0.341. The summed E-state index contributed by atoms with van der Waals surface area (Å²) in [6.45, 7) is 1.52. The third-order valence-corrected chi connectivity index (χ3v) is 6.44. The number of aromatic nitrogens is 1. The molecule has 5 nitrogen and oxygen atoms in total. The molecule has 31 heavy (non-hydrogen) atoms. The van der Waals surface area contributed by atoms with Gasteiger partial charge in [0.15, 0.2) is 10.6 Å². The van der Waals surface area contributed by atoms with Gasteiger partial charge in [-0.05, 0) is 30.7 Å². The number of hydrogen-bond donors (Lipinski definition) is 0. The summed E-state index contributed by atoms with van der Waals surface area (Å²) in [4.78, 5) is 28.6. The Kier molecular flexibility index (Phi) is 8.36. The molecule has 0 radical (unpaired) electrons. The lowest BCUT2D eigenvalue weighted by molar-refractivity contribution is -0.143. The van der Waals surface area contributed by atoms with E-state index in [0.29, 0.717) is 6.42 Å². The first-order valence-corrected chi connectivity index (χ1v) is 11.8. The maximum absolute atomic E-state index is 14.4. The van der Waals surface area contributed by atoms with Crippen molar-refractivity contribution < 1.29 is 23.1 Å². The number of rotatable bonds is 9. The van der Waals surface area contributed by atoms with Crippen LogP contribution in [0.4, 0.5) is 8.78 Å². The lowest BCUT2D eigenvalue weighted by Crippen LogP contribution is -2.23. The molecule has 2 aromatic carbocycles. The van der Waals surface area contributed by atoms with Gasteiger partial charge in [-0.3, -0.25) is 9.59 Å². The Balaban J connectivity index is 1.71. The third kappa shape index (κ3) is 6.48. The molecular weight excluding hydrogens is 442 g/mol. The lowest BCUT2D eigenvalue weighted by Gasteiger charge is -2.06. The molecule has 1 aromatic heterocycles. The predicted octanol–water partition coefficient (Wildman–Crippen LogP) is 4.69. The second kappa shape index (κ2) is 11.2. The second-order valence-electron chi connectivity index (χ2n) is 6.66. The molecule has 3 aromatic rings. The van der Waals surface area contributed by atoms with Gasteiger partial charge in [-0.1, -0.05) is 41.7 Å². The lowest BCUT2D eigenvalue weighted by atomic mass is 10.2. The number of ether oxygens (including phenoxy) is 1. The molecule has 0 atom stereocenters. The molecule has 0 aliphatic carbocycles. The topological polar surface area (TPSA) is 60.7 Å². The van der Waals surface area contributed by atoms with Gasteiger partial charge in [-0.25, -0.2) is 8.78 Å². The van der Waals surface area contributed by atoms with E-state index in [1.807, 2.05) is 18.2 Å². The van der Waals surface area contributed by atoms with Crippen LogP contribution in [0.2, 0.25) is 0 Å². The summed E-state index contributed by atoms with van der Waals surface area (Å²) in [5.74, 6) is -0.843. The van der Waals surface area contributed by atoms with Crippen LogP contribution in [0.25, 0.3) is 10.2 Å². The predicted molar refractivity (Wildman–Crippen MR) is 119 cm³/mol. The number of carbonyl (C=O) groups excluding carboxylic acids is 2. The van der Waals surface area contributed by atoms with Crippen LogP contribution in [0, 0.1) is 11.6 Å². The van der Waals surface area contributed by atoms with Gasteiger partial charge in [0.25, 0.3) is 0 Å². The number of hydrogen-bond acceptors (Lipinski definition) is 5. The number of amides is 1. The van der Waals surface area contributed by atoms with E-state index in [2.05, 4.69) is 17.1 Å². The fraction of sp³-hybridized carbons (Fsp3) is 0.318. The molecule has 9 heteroatoms. The van der Waals surface area contributed by atoms with E-state index in [4.69, 9.17) is 4.74 Å². The van der Waals surface area contributed by atoms with Crippen LogP contribution >= 0.6 is 23.1 Å². The van der Waals surface area contributed by atoms with Crippen molar-refractivity contribution in [1.82, 2.24) is 4.57 Å². The Bertz CT molecular complexity index is 1130. The van der Waals surface area contributed by atoms with E-state index < -0.39 is 17.6 Å². The summed E-state index contributed by atoms with van der Waals surface area (Å²) >= 11 is 2.69. The Morgan fingerprint density at radius 1 is 1.19 bits per heavy atom. The first-order chi connectivity index (χ1) is 15.0. The van der Waals surface area contributed by atoms with Crippen LogP contribution in [0.3, 0.4) is 0 Å².